The summed E-state index contributed by atoms with van der Waals surface area (Å²) in [6, 6.07) is 0. The third-order valence-electron chi connectivity index (χ3n) is 1.54. The second-order valence-corrected chi connectivity index (χ2v) is 2.41. The van der Waals surface area contributed by atoms with E-state index in [2.05, 4.69) is 5.32 Å². The topological polar surface area (TPSA) is 49.4 Å². The van der Waals surface area contributed by atoms with Gasteiger partial charge in [-0.1, -0.05) is 0 Å². The number of hydrogen-bond donors (Lipinski definition) is 1. The average Bonchev–Trinajstić information content (AvgIpc) is 2.03. The molecule has 0 aromatic rings. The normalized spacial score (nSPS) is 17.9. The smallest absolute Gasteiger partial charge is 0.315 e. The van der Waals surface area contributed by atoms with Gasteiger partial charge in [0.1, 0.15) is 0 Å². The number of carbonyl (C=O) groups is 2. The van der Waals surface area contributed by atoms with Gasteiger partial charge in [-0.2, -0.15) is 8.78 Å². The number of nitrogens with zero attached hydrogens (tertiary/aromatic N) is 1. The van der Waals surface area contributed by atoms with Crippen molar-refractivity contribution in [3.63, 3.8) is 0 Å². The Hall–Kier alpha value is -1.20. The summed E-state index contributed by atoms with van der Waals surface area (Å²) in [5.41, 5.74) is 0. The molecule has 0 aliphatic carbocycles. The second kappa shape index (κ2) is 3.46. The minimum Gasteiger partial charge on any atom is -0.353 e. The first kappa shape index (κ1) is 8.89. The van der Waals surface area contributed by atoms with E-state index in [0.29, 0.717) is 0 Å². The largest absolute Gasteiger partial charge is 0.353 e. The van der Waals surface area contributed by atoms with Gasteiger partial charge < -0.3 is 10.2 Å². The van der Waals surface area contributed by atoms with Crippen molar-refractivity contribution in [1.29, 1.82) is 0 Å². The van der Waals surface area contributed by atoms with Crippen LogP contribution in [0, 0.1) is 0 Å². The van der Waals surface area contributed by atoms with Crippen LogP contribution >= 0.6 is 0 Å². The molecule has 4 nitrogen and oxygen atoms in total. The van der Waals surface area contributed by atoms with Crippen LogP contribution in [0.15, 0.2) is 0 Å². The van der Waals surface area contributed by atoms with Crippen LogP contribution in [-0.4, -0.2) is 42.8 Å². The van der Waals surface area contributed by atoms with Crippen LogP contribution in [0.3, 0.4) is 0 Å². The predicted octanol–water partition coefficient (Wildman–Crippen LogP) is -0.790. The molecule has 6 heteroatoms. The Labute approximate surface area is 67.5 Å². The van der Waals surface area contributed by atoms with E-state index in [0.717, 1.165) is 4.90 Å². The molecule has 2 amide bonds. The average molecular weight is 178 g/mol. The molecule has 0 aromatic carbocycles. The molecule has 0 aromatic heterocycles. The van der Waals surface area contributed by atoms with Gasteiger partial charge >= 0.3 is 6.43 Å². The van der Waals surface area contributed by atoms with Crippen molar-refractivity contribution in [3.05, 3.63) is 0 Å². The zero-order chi connectivity index (χ0) is 9.14. The van der Waals surface area contributed by atoms with Crippen LogP contribution in [0.2, 0.25) is 0 Å². The van der Waals surface area contributed by atoms with Crippen LogP contribution < -0.4 is 5.32 Å². The number of nitrogens with one attached hydrogen (secondary N) is 1. The maximum absolute atomic E-state index is 11.8. The molecule has 0 spiro atoms. The standard InChI is InChI=1S/C6H8F2N2O2/c7-5(8)6(12)10-2-1-9-4(11)3-10/h5H,1-3H2,(H,9,11). The molecule has 12 heavy (non-hydrogen) atoms. The van der Waals surface area contributed by atoms with Crippen molar-refractivity contribution in [2.75, 3.05) is 19.6 Å². The van der Waals surface area contributed by atoms with Crippen LogP contribution in [0.4, 0.5) is 8.78 Å². The fraction of sp³-hybridized carbons (Fsp3) is 0.667. The van der Waals surface area contributed by atoms with Crippen molar-refractivity contribution in [3.8, 4) is 0 Å². The van der Waals surface area contributed by atoms with Crippen LogP contribution in [0.5, 0.6) is 0 Å². The van der Waals surface area contributed by atoms with Gasteiger partial charge in [-0.05, 0) is 0 Å². The minimum atomic E-state index is -3.02. The van der Waals surface area contributed by atoms with Crippen molar-refractivity contribution in [2.45, 2.75) is 6.43 Å². The van der Waals surface area contributed by atoms with E-state index in [4.69, 9.17) is 0 Å². The van der Waals surface area contributed by atoms with Gasteiger partial charge in [-0.15, -0.1) is 0 Å². The number of rotatable bonds is 1. The maximum atomic E-state index is 11.8. The summed E-state index contributed by atoms with van der Waals surface area (Å²) in [6.45, 7) is 0.148. The predicted molar refractivity (Wildman–Crippen MR) is 35.6 cm³/mol. The Bertz CT molecular complexity index is 208. The summed E-state index contributed by atoms with van der Waals surface area (Å²) >= 11 is 0. The first-order valence-electron chi connectivity index (χ1n) is 3.45. The number of alkyl halides is 2. The lowest BCUT2D eigenvalue weighted by Gasteiger charge is -2.25. The lowest BCUT2D eigenvalue weighted by molar-refractivity contribution is -0.147. The Kier molecular flexibility index (Phi) is 2.57. The van der Waals surface area contributed by atoms with Gasteiger partial charge in [0, 0.05) is 13.1 Å². The van der Waals surface area contributed by atoms with E-state index in [-0.39, 0.29) is 19.6 Å². The number of amides is 2. The lowest BCUT2D eigenvalue weighted by Crippen LogP contribution is -2.51. The van der Waals surface area contributed by atoms with Gasteiger partial charge in [0.15, 0.2) is 0 Å². The lowest BCUT2D eigenvalue weighted by atomic mass is 10.3. The van der Waals surface area contributed by atoms with Crippen molar-refractivity contribution in [1.82, 2.24) is 10.2 Å². The van der Waals surface area contributed by atoms with Crippen LogP contribution in [0.1, 0.15) is 0 Å². The highest BCUT2D eigenvalue weighted by Gasteiger charge is 2.27. The van der Waals surface area contributed by atoms with Crippen molar-refractivity contribution in [2.24, 2.45) is 0 Å². The summed E-state index contributed by atoms with van der Waals surface area (Å²) in [7, 11) is 0. The second-order valence-electron chi connectivity index (χ2n) is 2.41. The zero-order valence-corrected chi connectivity index (χ0v) is 6.22. The molecule has 0 atom stereocenters. The summed E-state index contributed by atoms with van der Waals surface area (Å²) in [5.74, 6) is -1.67. The molecule has 0 bridgehead atoms. The molecule has 0 saturated carbocycles. The molecular weight excluding hydrogens is 170 g/mol. The minimum absolute atomic E-state index is 0.162. The third kappa shape index (κ3) is 1.90. The number of hydrogen-bond acceptors (Lipinski definition) is 2. The van der Waals surface area contributed by atoms with Crippen LogP contribution in [0.25, 0.3) is 0 Å². The van der Waals surface area contributed by atoms with E-state index < -0.39 is 18.2 Å². The number of carbonyl (C=O) groups excluding carboxylic acids is 2. The Morgan fingerprint density at radius 3 is 2.75 bits per heavy atom. The fourth-order valence-electron chi connectivity index (χ4n) is 0.965. The first-order valence-corrected chi connectivity index (χ1v) is 3.45. The SMILES string of the molecule is O=C1CN(C(=O)C(F)F)CCN1. The van der Waals surface area contributed by atoms with Gasteiger partial charge in [0.2, 0.25) is 5.91 Å². The summed E-state index contributed by atoms with van der Waals surface area (Å²) in [4.78, 5) is 22.1. The van der Waals surface area contributed by atoms with E-state index in [1.54, 1.807) is 0 Å². The molecule has 1 saturated heterocycles. The highest BCUT2D eigenvalue weighted by atomic mass is 19.3. The fourth-order valence-corrected chi connectivity index (χ4v) is 0.965. The molecular formula is C6H8F2N2O2. The summed E-state index contributed by atoms with van der Waals surface area (Å²) in [5, 5.41) is 2.43. The zero-order valence-electron chi connectivity index (χ0n) is 6.22. The van der Waals surface area contributed by atoms with Crippen molar-refractivity contribution < 1.29 is 18.4 Å². The molecule has 68 valence electrons. The molecule has 1 fully saturated rings. The van der Waals surface area contributed by atoms with E-state index in [9.17, 15) is 18.4 Å². The molecule has 1 N–H and O–H groups in total. The Balaban J connectivity index is 2.51. The number of piperazine rings is 1. The molecule has 0 radical (unpaired) electrons. The molecule has 1 rings (SSSR count). The molecule has 1 heterocycles. The molecule has 1 aliphatic rings. The van der Waals surface area contributed by atoms with E-state index in [1.807, 2.05) is 0 Å². The summed E-state index contributed by atoms with van der Waals surface area (Å²) in [6.07, 6.45) is -3.02. The van der Waals surface area contributed by atoms with Crippen LogP contribution in [-0.2, 0) is 9.59 Å². The number of halogens is 2. The van der Waals surface area contributed by atoms with Gasteiger partial charge in [-0.3, -0.25) is 9.59 Å². The molecule has 0 unspecified atom stereocenters. The maximum Gasteiger partial charge on any atom is 0.315 e. The monoisotopic (exact) mass is 178 g/mol. The van der Waals surface area contributed by atoms with E-state index in [1.165, 1.54) is 0 Å². The van der Waals surface area contributed by atoms with Gasteiger partial charge in [0.05, 0.1) is 6.54 Å². The summed E-state index contributed by atoms with van der Waals surface area (Å²) < 4.78 is 23.6. The van der Waals surface area contributed by atoms with E-state index >= 15 is 0 Å². The Morgan fingerprint density at radius 2 is 2.25 bits per heavy atom. The van der Waals surface area contributed by atoms with Gasteiger partial charge in [0.25, 0.3) is 5.91 Å². The quantitative estimate of drug-likeness (QED) is 0.572. The highest BCUT2D eigenvalue weighted by Crippen LogP contribution is 2.02. The highest BCUT2D eigenvalue weighted by molar-refractivity contribution is 5.87. The van der Waals surface area contributed by atoms with Gasteiger partial charge in [-0.25, -0.2) is 0 Å². The van der Waals surface area contributed by atoms with Crippen molar-refractivity contribution >= 4 is 11.8 Å². The third-order valence-corrected chi connectivity index (χ3v) is 1.54. The first-order chi connectivity index (χ1) is 5.61. The molecule has 1 aliphatic heterocycles. The Morgan fingerprint density at radius 1 is 1.58 bits per heavy atom.